The SMILES string of the molecule is CN(c1ncnc2[nH]c3ccc(Cl)cc3c12)C1CCCN(CCC#N)C1. The fourth-order valence-electron chi connectivity index (χ4n) is 3.88. The van der Waals surface area contributed by atoms with Crippen molar-refractivity contribution in [1.29, 1.82) is 5.26 Å². The summed E-state index contributed by atoms with van der Waals surface area (Å²) in [6, 6.07) is 8.44. The van der Waals surface area contributed by atoms with Crippen molar-refractivity contribution in [3.05, 3.63) is 29.5 Å². The largest absolute Gasteiger partial charge is 0.355 e. The molecule has 6 nitrogen and oxygen atoms in total. The zero-order valence-corrected chi connectivity index (χ0v) is 15.5. The molecule has 0 amide bonds. The standard InChI is InChI=1S/C19H21ClN6/c1-25(14-4-2-8-26(11-14)9-3-7-21)19-17-15-10-13(20)5-6-16(15)24-18(17)22-12-23-19/h5-6,10,12,14H,2-4,8-9,11H2,1H3,(H,22,23,24). The summed E-state index contributed by atoms with van der Waals surface area (Å²) in [7, 11) is 2.10. The Labute approximate surface area is 157 Å². The Morgan fingerprint density at radius 2 is 2.31 bits per heavy atom. The molecule has 3 heterocycles. The maximum absolute atomic E-state index is 8.85. The van der Waals surface area contributed by atoms with Crippen LogP contribution in [-0.2, 0) is 0 Å². The highest BCUT2D eigenvalue weighted by Crippen LogP contribution is 2.33. The number of hydrogen-bond donors (Lipinski definition) is 1. The van der Waals surface area contributed by atoms with Crippen LogP contribution in [0.3, 0.4) is 0 Å². The Hall–Kier alpha value is -2.36. The molecule has 0 spiro atoms. The first-order valence-corrected chi connectivity index (χ1v) is 9.29. The van der Waals surface area contributed by atoms with E-state index in [1.807, 2.05) is 18.2 Å². The first-order chi connectivity index (χ1) is 12.7. The molecule has 0 saturated carbocycles. The van der Waals surface area contributed by atoms with Gasteiger partial charge in [-0.2, -0.15) is 5.26 Å². The predicted octanol–water partition coefficient (Wildman–Crippen LogP) is 3.58. The summed E-state index contributed by atoms with van der Waals surface area (Å²) in [6.45, 7) is 2.85. The Bertz CT molecular complexity index is 975. The maximum Gasteiger partial charge on any atom is 0.143 e. The molecule has 0 radical (unpaired) electrons. The first kappa shape index (κ1) is 17.1. The molecule has 2 aromatic heterocycles. The number of aromatic nitrogens is 3. The minimum Gasteiger partial charge on any atom is -0.355 e. The average molecular weight is 369 g/mol. The lowest BCUT2D eigenvalue weighted by atomic mass is 10.0. The van der Waals surface area contributed by atoms with E-state index in [1.54, 1.807) is 6.33 Å². The van der Waals surface area contributed by atoms with Gasteiger partial charge in [0.25, 0.3) is 0 Å². The maximum atomic E-state index is 8.85. The molecule has 1 atom stereocenters. The molecule has 134 valence electrons. The van der Waals surface area contributed by atoms with Crippen LogP contribution in [0.15, 0.2) is 24.5 Å². The van der Waals surface area contributed by atoms with Gasteiger partial charge < -0.3 is 14.8 Å². The van der Waals surface area contributed by atoms with E-state index in [0.29, 0.717) is 17.5 Å². The molecule has 1 N–H and O–H groups in total. The lowest BCUT2D eigenvalue weighted by Crippen LogP contribution is -2.47. The number of aromatic amines is 1. The normalized spacial score (nSPS) is 18.3. The first-order valence-electron chi connectivity index (χ1n) is 8.91. The quantitative estimate of drug-likeness (QED) is 0.762. The summed E-state index contributed by atoms with van der Waals surface area (Å²) in [6.07, 6.45) is 4.44. The smallest absolute Gasteiger partial charge is 0.143 e. The molecule has 4 rings (SSSR count). The minimum atomic E-state index is 0.365. The van der Waals surface area contributed by atoms with Crippen molar-refractivity contribution in [3.8, 4) is 6.07 Å². The van der Waals surface area contributed by atoms with E-state index in [1.165, 1.54) is 0 Å². The number of nitriles is 1. The molecule has 0 bridgehead atoms. The van der Waals surface area contributed by atoms with Crippen LogP contribution in [0.5, 0.6) is 0 Å². The van der Waals surface area contributed by atoms with Crippen LogP contribution < -0.4 is 4.90 Å². The Balaban J connectivity index is 1.70. The van der Waals surface area contributed by atoms with Gasteiger partial charge in [0.05, 0.1) is 11.5 Å². The molecule has 1 aromatic carbocycles. The number of rotatable bonds is 4. The van der Waals surface area contributed by atoms with Crippen LogP contribution in [0.2, 0.25) is 5.02 Å². The molecule has 26 heavy (non-hydrogen) atoms. The van der Waals surface area contributed by atoms with Crippen LogP contribution in [0.4, 0.5) is 5.82 Å². The number of likely N-dealkylation sites (tertiary alicyclic amines) is 1. The number of likely N-dealkylation sites (N-methyl/N-ethyl adjacent to an activating group) is 1. The molecule has 7 heteroatoms. The van der Waals surface area contributed by atoms with E-state index >= 15 is 0 Å². The van der Waals surface area contributed by atoms with Gasteiger partial charge in [0.15, 0.2) is 0 Å². The minimum absolute atomic E-state index is 0.365. The fourth-order valence-corrected chi connectivity index (χ4v) is 4.05. The topological polar surface area (TPSA) is 71.8 Å². The molecule has 1 aliphatic heterocycles. The van der Waals surface area contributed by atoms with Crippen molar-refractivity contribution in [1.82, 2.24) is 19.9 Å². The zero-order valence-electron chi connectivity index (χ0n) is 14.7. The van der Waals surface area contributed by atoms with Gasteiger partial charge in [-0.1, -0.05) is 11.6 Å². The highest BCUT2D eigenvalue weighted by molar-refractivity contribution is 6.32. The van der Waals surface area contributed by atoms with Gasteiger partial charge >= 0.3 is 0 Å². The van der Waals surface area contributed by atoms with Crippen molar-refractivity contribution in [2.24, 2.45) is 0 Å². The number of hydrogen-bond acceptors (Lipinski definition) is 5. The summed E-state index contributed by atoms with van der Waals surface area (Å²) in [5, 5.41) is 11.6. The number of fused-ring (bicyclic) bond motifs is 3. The van der Waals surface area contributed by atoms with Crippen LogP contribution in [0, 0.1) is 11.3 Å². The van der Waals surface area contributed by atoms with E-state index in [4.69, 9.17) is 16.9 Å². The predicted molar refractivity (Wildman–Crippen MR) is 104 cm³/mol. The van der Waals surface area contributed by atoms with E-state index in [2.05, 4.69) is 37.9 Å². The zero-order chi connectivity index (χ0) is 18.1. The van der Waals surface area contributed by atoms with Gasteiger partial charge in [0, 0.05) is 48.5 Å². The second-order valence-electron chi connectivity index (χ2n) is 6.85. The second-order valence-corrected chi connectivity index (χ2v) is 7.29. The number of benzene rings is 1. The molecular weight excluding hydrogens is 348 g/mol. The third-order valence-corrected chi connectivity index (χ3v) is 5.47. The molecule has 0 aliphatic carbocycles. The molecule has 1 fully saturated rings. The van der Waals surface area contributed by atoms with E-state index in [-0.39, 0.29) is 0 Å². The number of nitrogens with one attached hydrogen (secondary N) is 1. The molecule has 3 aromatic rings. The lowest BCUT2D eigenvalue weighted by Gasteiger charge is -2.38. The summed E-state index contributed by atoms with van der Waals surface area (Å²) in [5.41, 5.74) is 1.84. The van der Waals surface area contributed by atoms with Gasteiger partial charge in [-0.25, -0.2) is 9.97 Å². The van der Waals surface area contributed by atoms with Crippen LogP contribution in [-0.4, -0.2) is 52.6 Å². The summed E-state index contributed by atoms with van der Waals surface area (Å²) in [4.78, 5) is 17.0. The highest BCUT2D eigenvalue weighted by atomic mass is 35.5. The van der Waals surface area contributed by atoms with Crippen molar-refractivity contribution in [2.45, 2.75) is 25.3 Å². The van der Waals surface area contributed by atoms with Crippen molar-refractivity contribution < 1.29 is 0 Å². The number of H-pyrrole nitrogens is 1. The van der Waals surface area contributed by atoms with Gasteiger partial charge in [0.2, 0.25) is 0 Å². The number of anilines is 1. The Kier molecular flexibility index (Phi) is 4.66. The molecule has 1 unspecified atom stereocenters. The van der Waals surface area contributed by atoms with E-state index in [0.717, 1.165) is 60.2 Å². The summed E-state index contributed by atoms with van der Waals surface area (Å²) in [5.74, 6) is 0.927. The van der Waals surface area contributed by atoms with E-state index < -0.39 is 0 Å². The van der Waals surface area contributed by atoms with Crippen LogP contribution in [0.25, 0.3) is 21.9 Å². The Morgan fingerprint density at radius 1 is 1.42 bits per heavy atom. The van der Waals surface area contributed by atoms with Gasteiger partial charge in [-0.3, -0.25) is 0 Å². The highest BCUT2D eigenvalue weighted by Gasteiger charge is 2.26. The van der Waals surface area contributed by atoms with Gasteiger partial charge in [-0.15, -0.1) is 0 Å². The monoisotopic (exact) mass is 368 g/mol. The summed E-state index contributed by atoms with van der Waals surface area (Å²) < 4.78 is 0. The Morgan fingerprint density at radius 3 is 3.15 bits per heavy atom. The third kappa shape index (κ3) is 3.09. The van der Waals surface area contributed by atoms with Crippen molar-refractivity contribution >= 4 is 39.4 Å². The van der Waals surface area contributed by atoms with Gasteiger partial charge in [0.1, 0.15) is 17.8 Å². The lowest BCUT2D eigenvalue weighted by molar-refractivity contribution is 0.210. The van der Waals surface area contributed by atoms with Crippen LogP contribution in [0.1, 0.15) is 19.3 Å². The summed E-state index contributed by atoms with van der Waals surface area (Å²) >= 11 is 6.22. The van der Waals surface area contributed by atoms with Crippen LogP contribution >= 0.6 is 11.6 Å². The van der Waals surface area contributed by atoms with Gasteiger partial charge in [-0.05, 0) is 37.6 Å². The average Bonchev–Trinajstić information content (AvgIpc) is 3.04. The van der Waals surface area contributed by atoms with E-state index in [9.17, 15) is 0 Å². The second kappa shape index (κ2) is 7.10. The molecule has 1 saturated heterocycles. The fraction of sp³-hybridized carbons (Fsp3) is 0.421. The number of halogens is 1. The van der Waals surface area contributed by atoms with Crippen molar-refractivity contribution in [2.75, 3.05) is 31.6 Å². The number of piperidine rings is 1. The third-order valence-electron chi connectivity index (χ3n) is 5.23. The molecule has 1 aliphatic rings. The molecular formula is C19H21ClN6. The van der Waals surface area contributed by atoms with Crippen molar-refractivity contribution in [3.63, 3.8) is 0 Å². The number of nitrogens with zero attached hydrogens (tertiary/aromatic N) is 5.